The molecule has 0 saturated heterocycles. The Hall–Kier alpha value is -3.33. The average molecular weight is 554 g/mol. The van der Waals surface area contributed by atoms with Crippen molar-refractivity contribution in [2.24, 2.45) is 0 Å². The van der Waals surface area contributed by atoms with E-state index in [1.807, 2.05) is 58.0 Å². The molecule has 1 amide bonds. The highest BCUT2D eigenvalue weighted by atomic mass is 79.9. The first-order valence-corrected chi connectivity index (χ1v) is 13.0. The number of amides is 1. The van der Waals surface area contributed by atoms with Gasteiger partial charge in [0.15, 0.2) is 11.5 Å². The van der Waals surface area contributed by atoms with Gasteiger partial charge in [0.25, 0.3) is 5.91 Å². The Morgan fingerprint density at radius 1 is 1.19 bits per heavy atom. The molecule has 0 fully saturated rings. The van der Waals surface area contributed by atoms with Crippen LogP contribution in [0.25, 0.3) is 0 Å². The first kappa shape index (κ1) is 25.8. The van der Waals surface area contributed by atoms with Crippen LogP contribution in [-0.2, 0) is 4.79 Å². The largest absolute Gasteiger partial charge is 0.490 e. The highest BCUT2D eigenvalue weighted by Crippen LogP contribution is 2.43. The lowest BCUT2D eigenvalue weighted by Gasteiger charge is -2.29. The minimum atomic E-state index is -0.519. The number of aryl methyl sites for hydroxylation is 1. The number of hydrogen-bond acceptors (Lipinski definition) is 6. The number of allylic oxidation sites excluding steroid dienone is 1. The Morgan fingerprint density at radius 3 is 2.75 bits per heavy atom. The van der Waals surface area contributed by atoms with Crippen molar-refractivity contribution >= 4 is 33.5 Å². The summed E-state index contributed by atoms with van der Waals surface area (Å²) in [6.07, 6.45) is 3.46. The van der Waals surface area contributed by atoms with Crippen LogP contribution >= 0.6 is 15.9 Å². The maximum atomic E-state index is 13.8. The standard InChI is InChI=1S/C27H32BrN5O3/c1-6-8-12-36-25-20(28)13-19(14-22(25)35-7-2)24-23(18(5)31-27-29-15-30-33(24)27)26(34)32-21-11-9-10-16(3)17(21)4/h9-11,13-15,24H,6-8,12H2,1-5H3,(H,32,34)(H,29,30,31). The number of fused-ring (bicyclic) bond motifs is 1. The minimum absolute atomic E-state index is 0.211. The fourth-order valence-corrected chi connectivity index (χ4v) is 4.81. The summed E-state index contributed by atoms with van der Waals surface area (Å²) in [4.78, 5) is 18.1. The fourth-order valence-electron chi connectivity index (χ4n) is 4.24. The number of hydrogen-bond donors (Lipinski definition) is 2. The third-order valence-electron chi connectivity index (χ3n) is 6.28. The SMILES string of the molecule is CCCCOc1c(Br)cc(C2C(C(=O)Nc3cccc(C)c3C)=C(C)Nc3ncnn32)cc1OCC. The number of carbonyl (C=O) groups excluding carboxylic acids is 1. The van der Waals surface area contributed by atoms with Crippen LogP contribution in [0.2, 0.25) is 0 Å². The van der Waals surface area contributed by atoms with Gasteiger partial charge in [0.05, 0.1) is 23.3 Å². The fraction of sp³-hybridized carbons (Fsp3) is 0.370. The molecule has 2 N–H and O–H groups in total. The van der Waals surface area contributed by atoms with Crippen molar-refractivity contribution in [1.29, 1.82) is 0 Å². The van der Waals surface area contributed by atoms with Crippen molar-refractivity contribution in [3.63, 3.8) is 0 Å². The topological polar surface area (TPSA) is 90.3 Å². The Morgan fingerprint density at radius 2 is 2.00 bits per heavy atom. The molecule has 4 rings (SSSR count). The number of benzene rings is 2. The van der Waals surface area contributed by atoms with E-state index >= 15 is 0 Å². The average Bonchev–Trinajstić information content (AvgIpc) is 3.30. The van der Waals surface area contributed by atoms with Crippen LogP contribution in [0.4, 0.5) is 11.6 Å². The molecule has 3 aromatic rings. The van der Waals surface area contributed by atoms with E-state index in [1.165, 1.54) is 6.33 Å². The second-order valence-electron chi connectivity index (χ2n) is 8.76. The zero-order valence-corrected chi connectivity index (χ0v) is 22.9. The molecule has 1 aliphatic heterocycles. The van der Waals surface area contributed by atoms with Gasteiger partial charge in [-0.3, -0.25) is 4.79 Å². The lowest BCUT2D eigenvalue weighted by atomic mass is 9.94. The van der Waals surface area contributed by atoms with Crippen LogP contribution in [0, 0.1) is 13.8 Å². The van der Waals surface area contributed by atoms with Gasteiger partial charge in [0.2, 0.25) is 5.95 Å². The summed E-state index contributed by atoms with van der Waals surface area (Å²) >= 11 is 3.68. The number of carbonyl (C=O) groups is 1. The van der Waals surface area contributed by atoms with Crippen molar-refractivity contribution in [3.05, 3.63) is 69.1 Å². The van der Waals surface area contributed by atoms with Crippen LogP contribution in [0.3, 0.4) is 0 Å². The number of nitrogens with one attached hydrogen (secondary N) is 2. The molecule has 0 spiro atoms. The number of rotatable bonds is 9. The summed E-state index contributed by atoms with van der Waals surface area (Å²) in [5.41, 5.74) is 5.00. The molecule has 1 atom stereocenters. The Kier molecular flexibility index (Phi) is 7.98. The quantitative estimate of drug-likeness (QED) is 0.308. The molecule has 0 aliphatic carbocycles. The zero-order valence-electron chi connectivity index (χ0n) is 21.3. The summed E-state index contributed by atoms with van der Waals surface area (Å²) < 4.78 is 14.5. The third-order valence-corrected chi connectivity index (χ3v) is 6.87. The maximum absolute atomic E-state index is 13.8. The number of anilines is 2. The first-order valence-electron chi connectivity index (χ1n) is 12.2. The number of unbranched alkanes of at least 4 members (excludes halogenated alkanes) is 1. The van der Waals surface area contributed by atoms with Gasteiger partial charge in [-0.15, -0.1) is 0 Å². The smallest absolute Gasteiger partial charge is 0.255 e. The number of ether oxygens (including phenoxy) is 2. The Bertz CT molecular complexity index is 1300. The van der Waals surface area contributed by atoms with Crippen molar-refractivity contribution < 1.29 is 14.3 Å². The monoisotopic (exact) mass is 553 g/mol. The summed E-state index contributed by atoms with van der Waals surface area (Å²) in [6.45, 7) is 11.0. The van der Waals surface area contributed by atoms with Crippen molar-refractivity contribution in [2.75, 3.05) is 23.8 Å². The van der Waals surface area contributed by atoms with Crippen molar-refractivity contribution in [2.45, 2.75) is 53.5 Å². The van der Waals surface area contributed by atoms with E-state index in [0.717, 1.165) is 39.7 Å². The minimum Gasteiger partial charge on any atom is -0.490 e. The van der Waals surface area contributed by atoms with E-state index in [-0.39, 0.29) is 5.91 Å². The lowest BCUT2D eigenvalue weighted by molar-refractivity contribution is -0.113. The first-order chi connectivity index (χ1) is 17.3. The molecule has 8 nitrogen and oxygen atoms in total. The van der Waals surface area contributed by atoms with Crippen LogP contribution < -0.4 is 20.1 Å². The van der Waals surface area contributed by atoms with E-state index in [9.17, 15) is 4.79 Å². The third kappa shape index (κ3) is 5.11. The lowest BCUT2D eigenvalue weighted by Crippen LogP contribution is -2.31. The normalized spacial score (nSPS) is 14.8. The van der Waals surface area contributed by atoms with E-state index in [0.29, 0.717) is 41.9 Å². The van der Waals surface area contributed by atoms with E-state index in [2.05, 4.69) is 43.6 Å². The predicted octanol–water partition coefficient (Wildman–Crippen LogP) is 6.16. The summed E-state index contributed by atoms with van der Waals surface area (Å²) in [6, 6.07) is 9.25. The molecule has 9 heteroatoms. The number of aromatic nitrogens is 3. The van der Waals surface area contributed by atoms with E-state index < -0.39 is 6.04 Å². The molecular formula is C27H32BrN5O3. The van der Waals surface area contributed by atoms with Crippen LogP contribution in [0.1, 0.15) is 56.3 Å². The molecule has 1 unspecified atom stereocenters. The molecule has 0 bridgehead atoms. The Labute approximate surface area is 220 Å². The van der Waals surface area contributed by atoms with Crippen LogP contribution in [0.15, 0.2) is 52.4 Å². The highest BCUT2D eigenvalue weighted by molar-refractivity contribution is 9.10. The second kappa shape index (κ2) is 11.2. The molecule has 0 saturated carbocycles. The molecule has 1 aromatic heterocycles. The van der Waals surface area contributed by atoms with Gasteiger partial charge in [-0.25, -0.2) is 4.68 Å². The van der Waals surface area contributed by atoms with Gasteiger partial charge < -0.3 is 20.1 Å². The molecule has 2 heterocycles. The van der Waals surface area contributed by atoms with Gasteiger partial charge in [0, 0.05) is 11.4 Å². The van der Waals surface area contributed by atoms with Gasteiger partial charge in [0.1, 0.15) is 12.4 Å². The summed E-state index contributed by atoms with van der Waals surface area (Å²) in [5.74, 6) is 1.63. The van der Waals surface area contributed by atoms with E-state index in [4.69, 9.17) is 9.47 Å². The maximum Gasteiger partial charge on any atom is 0.255 e. The van der Waals surface area contributed by atoms with Gasteiger partial charge in [-0.05, 0) is 84.9 Å². The molecule has 190 valence electrons. The molecule has 2 aromatic carbocycles. The number of nitrogens with zero attached hydrogens (tertiary/aromatic N) is 3. The van der Waals surface area contributed by atoms with Gasteiger partial charge >= 0.3 is 0 Å². The summed E-state index contributed by atoms with van der Waals surface area (Å²) in [5, 5.41) is 10.8. The molecular weight excluding hydrogens is 522 g/mol. The second-order valence-corrected chi connectivity index (χ2v) is 9.62. The number of halogens is 1. The predicted molar refractivity (Wildman–Crippen MR) is 145 cm³/mol. The van der Waals surface area contributed by atoms with E-state index in [1.54, 1.807) is 4.68 Å². The van der Waals surface area contributed by atoms with Gasteiger partial charge in [-0.1, -0.05) is 25.5 Å². The summed E-state index contributed by atoms with van der Waals surface area (Å²) in [7, 11) is 0. The molecule has 1 aliphatic rings. The van der Waals surface area contributed by atoms with Crippen LogP contribution in [-0.4, -0.2) is 33.9 Å². The highest BCUT2D eigenvalue weighted by Gasteiger charge is 2.34. The molecule has 0 radical (unpaired) electrons. The zero-order chi connectivity index (χ0) is 25.8. The van der Waals surface area contributed by atoms with Crippen LogP contribution in [0.5, 0.6) is 11.5 Å². The van der Waals surface area contributed by atoms with Crippen molar-refractivity contribution in [1.82, 2.24) is 14.8 Å². The van der Waals surface area contributed by atoms with Gasteiger partial charge in [-0.2, -0.15) is 10.1 Å². The Balaban J connectivity index is 1.78. The molecule has 36 heavy (non-hydrogen) atoms. The van der Waals surface area contributed by atoms with Crippen molar-refractivity contribution in [3.8, 4) is 11.5 Å².